The summed E-state index contributed by atoms with van der Waals surface area (Å²) in [7, 11) is 0. The highest BCUT2D eigenvalue weighted by Crippen LogP contribution is 2.25. The second kappa shape index (κ2) is 7.74. The van der Waals surface area contributed by atoms with Crippen LogP contribution >= 0.6 is 0 Å². The average Bonchev–Trinajstić information content (AvgIpc) is 2.67. The van der Waals surface area contributed by atoms with Crippen molar-refractivity contribution in [1.29, 1.82) is 0 Å². The van der Waals surface area contributed by atoms with Crippen LogP contribution in [0.4, 0.5) is 10.5 Å². The molecule has 0 bridgehead atoms. The number of hydrogen-bond donors (Lipinski definition) is 1. The van der Waals surface area contributed by atoms with Crippen molar-refractivity contribution >= 4 is 22.7 Å². The number of ether oxygens (including phenoxy) is 2. The maximum absolute atomic E-state index is 12.8. The van der Waals surface area contributed by atoms with E-state index >= 15 is 0 Å². The normalized spacial score (nSPS) is 11.8. The van der Waals surface area contributed by atoms with Crippen molar-refractivity contribution in [3.63, 3.8) is 0 Å². The summed E-state index contributed by atoms with van der Waals surface area (Å²) in [6.07, 6.45) is -0.247. The van der Waals surface area contributed by atoms with Gasteiger partial charge in [-0.2, -0.15) is 0 Å². The molecule has 0 aliphatic rings. The van der Waals surface area contributed by atoms with Crippen molar-refractivity contribution in [3.8, 4) is 11.5 Å². The summed E-state index contributed by atoms with van der Waals surface area (Å²) in [6.45, 7) is 1.73. The fourth-order valence-electron chi connectivity index (χ4n) is 2.63. The minimum absolute atomic E-state index is 0.0574. The molecule has 0 radical (unpaired) electrons. The van der Waals surface area contributed by atoms with Crippen molar-refractivity contribution in [2.75, 3.05) is 0 Å². The number of aromatic nitrogens is 2. The van der Waals surface area contributed by atoms with Gasteiger partial charge in [-0.25, -0.2) is 9.78 Å². The number of fused-ring (bicyclic) bond motifs is 1. The van der Waals surface area contributed by atoms with E-state index in [2.05, 4.69) is 4.98 Å². The van der Waals surface area contributed by atoms with Crippen LogP contribution in [-0.4, -0.2) is 20.6 Å². The summed E-state index contributed by atoms with van der Waals surface area (Å²) in [6, 6.07) is 10.3. The lowest BCUT2D eigenvalue weighted by atomic mass is 10.2. The van der Waals surface area contributed by atoms with Crippen LogP contribution in [0.1, 0.15) is 19.6 Å². The number of carbonyl (C=O) groups is 1. The molecule has 0 aliphatic carbocycles. The zero-order valence-electron chi connectivity index (χ0n) is 14.8. The van der Waals surface area contributed by atoms with Crippen molar-refractivity contribution in [2.45, 2.75) is 19.6 Å². The van der Waals surface area contributed by atoms with E-state index in [0.717, 1.165) is 0 Å². The molecular formula is C18H16N4O6. The quantitative estimate of drug-likeness (QED) is 0.508. The molecular weight excluding hydrogens is 368 g/mol. The van der Waals surface area contributed by atoms with Gasteiger partial charge >= 0.3 is 6.09 Å². The summed E-state index contributed by atoms with van der Waals surface area (Å²) in [5.41, 5.74) is 5.00. The van der Waals surface area contributed by atoms with E-state index in [1.54, 1.807) is 19.1 Å². The SMILES string of the molecule is CCC(OC(N)=O)n1cnc2ccc(Oc3ccc([N+](=O)[O-])cc3)cc2c1=O. The van der Waals surface area contributed by atoms with Crippen LogP contribution in [0.25, 0.3) is 10.9 Å². The van der Waals surface area contributed by atoms with Gasteiger partial charge in [-0.1, -0.05) is 6.92 Å². The number of non-ortho nitro benzene ring substituents is 1. The lowest BCUT2D eigenvalue weighted by Gasteiger charge is -2.17. The molecule has 0 aliphatic heterocycles. The van der Waals surface area contributed by atoms with Gasteiger partial charge in [0.15, 0.2) is 6.23 Å². The van der Waals surface area contributed by atoms with Crippen molar-refractivity contribution < 1.29 is 19.2 Å². The first-order valence-electron chi connectivity index (χ1n) is 8.28. The second-order valence-corrected chi connectivity index (χ2v) is 5.79. The Kier molecular flexibility index (Phi) is 5.21. The molecule has 2 N–H and O–H groups in total. The molecule has 1 aromatic heterocycles. The monoisotopic (exact) mass is 384 g/mol. The van der Waals surface area contributed by atoms with E-state index in [1.165, 1.54) is 41.2 Å². The molecule has 10 heteroatoms. The van der Waals surface area contributed by atoms with Gasteiger partial charge in [-0.3, -0.25) is 19.5 Å². The molecule has 10 nitrogen and oxygen atoms in total. The van der Waals surface area contributed by atoms with Gasteiger partial charge in [0.05, 0.1) is 15.8 Å². The van der Waals surface area contributed by atoms with E-state index in [-0.39, 0.29) is 11.1 Å². The molecule has 1 amide bonds. The largest absolute Gasteiger partial charge is 0.457 e. The van der Waals surface area contributed by atoms with Crippen LogP contribution < -0.4 is 16.0 Å². The number of hydrogen-bond acceptors (Lipinski definition) is 7. The fraction of sp³-hybridized carbons (Fsp3) is 0.167. The van der Waals surface area contributed by atoms with Crippen molar-refractivity contribution in [2.24, 2.45) is 5.73 Å². The Hall–Kier alpha value is -3.95. The number of nitro groups is 1. The number of rotatable bonds is 6. The van der Waals surface area contributed by atoms with Crippen LogP contribution in [0.2, 0.25) is 0 Å². The highest BCUT2D eigenvalue weighted by atomic mass is 16.6. The molecule has 1 atom stereocenters. The van der Waals surface area contributed by atoms with E-state index in [4.69, 9.17) is 15.2 Å². The highest BCUT2D eigenvalue weighted by Gasteiger charge is 2.16. The summed E-state index contributed by atoms with van der Waals surface area (Å²) >= 11 is 0. The Morgan fingerprint density at radius 3 is 2.54 bits per heavy atom. The summed E-state index contributed by atoms with van der Waals surface area (Å²) < 4.78 is 11.8. The molecule has 2 aromatic carbocycles. The molecule has 0 spiro atoms. The average molecular weight is 384 g/mol. The predicted molar refractivity (Wildman–Crippen MR) is 99.2 cm³/mol. The molecule has 3 aromatic rings. The first kappa shape index (κ1) is 18.8. The van der Waals surface area contributed by atoms with Crippen LogP contribution in [0.15, 0.2) is 53.6 Å². The number of nitrogens with two attached hydrogens (primary N) is 1. The summed E-state index contributed by atoms with van der Waals surface area (Å²) in [5.74, 6) is 0.722. The minimum Gasteiger partial charge on any atom is -0.457 e. The fourth-order valence-corrected chi connectivity index (χ4v) is 2.63. The van der Waals surface area contributed by atoms with Gasteiger partial charge in [0, 0.05) is 18.6 Å². The predicted octanol–water partition coefficient (Wildman–Crippen LogP) is 3.10. The topological polar surface area (TPSA) is 140 Å². The first-order valence-corrected chi connectivity index (χ1v) is 8.28. The van der Waals surface area contributed by atoms with E-state index in [0.29, 0.717) is 23.4 Å². The van der Waals surface area contributed by atoms with Gasteiger partial charge in [0.2, 0.25) is 0 Å². The smallest absolute Gasteiger partial charge is 0.406 e. The van der Waals surface area contributed by atoms with E-state index in [1.807, 2.05) is 0 Å². The van der Waals surface area contributed by atoms with Gasteiger partial charge < -0.3 is 15.2 Å². The molecule has 0 saturated heterocycles. The minimum atomic E-state index is -0.992. The number of benzene rings is 2. The number of nitro benzene ring substituents is 1. The number of nitrogens with zero attached hydrogens (tertiary/aromatic N) is 3. The van der Waals surface area contributed by atoms with Gasteiger partial charge in [0.25, 0.3) is 11.2 Å². The Bertz CT molecular complexity index is 1090. The highest BCUT2D eigenvalue weighted by molar-refractivity contribution is 5.79. The Labute approximate surface area is 158 Å². The third-order valence-electron chi connectivity index (χ3n) is 3.95. The number of amides is 1. The molecule has 0 saturated carbocycles. The Morgan fingerprint density at radius 1 is 1.25 bits per heavy atom. The molecule has 144 valence electrons. The molecule has 0 fully saturated rings. The zero-order chi connectivity index (χ0) is 20.3. The first-order chi connectivity index (χ1) is 13.4. The Balaban J connectivity index is 1.95. The maximum atomic E-state index is 12.8. The molecule has 28 heavy (non-hydrogen) atoms. The molecule has 1 unspecified atom stereocenters. The molecule has 1 heterocycles. The van der Waals surface area contributed by atoms with Gasteiger partial charge in [-0.05, 0) is 30.3 Å². The van der Waals surface area contributed by atoms with Crippen molar-refractivity contribution in [3.05, 3.63) is 69.3 Å². The lowest BCUT2D eigenvalue weighted by molar-refractivity contribution is -0.384. The van der Waals surface area contributed by atoms with Crippen LogP contribution in [-0.2, 0) is 4.74 Å². The van der Waals surface area contributed by atoms with Crippen LogP contribution in [0, 0.1) is 10.1 Å². The lowest BCUT2D eigenvalue weighted by Crippen LogP contribution is -2.29. The van der Waals surface area contributed by atoms with Crippen LogP contribution in [0.5, 0.6) is 11.5 Å². The summed E-state index contributed by atoms with van der Waals surface area (Å²) in [4.78, 5) is 38.2. The van der Waals surface area contributed by atoms with Crippen LogP contribution in [0.3, 0.4) is 0 Å². The molecule has 3 rings (SSSR count). The van der Waals surface area contributed by atoms with Gasteiger partial charge in [-0.15, -0.1) is 0 Å². The third kappa shape index (κ3) is 3.90. The second-order valence-electron chi connectivity index (χ2n) is 5.79. The van der Waals surface area contributed by atoms with Gasteiger partial charge in [0.1, 0.15) is 17.8 Å². The Morgan fingerprint density at radius 2 is 1.93 bits per heavy atom. The standard InChI is InChI=1S/C18H16N4O6/c1-2-16(28-18(19)24)21-10-20-15-8-7-13(9-14(15)17(21)23)27-12-5-3-11(4-6-12)22(25)26/h3-10,16H,2H2,1H3,(H2,19,24). The number of primary amides is 1. The summed E-state index contributed by atoms with van der Waals surface area (Å²) in [5, 5.41) is 11.0. The number of carbonyl (C=O) groups excluding carboxylic acids is 1. The third-order valence-corrected chi connectivity index (χ3v) is 3.95. The van der Waals surface area contributed by atoms with E-state index in [9.17, 15) is 19.7 Å². The van der Waals surface area contributed by atoms with Crippen molar-refractivity contribution in [1.82, 2.24) is 9.55 Å². The van der Waals surface area contributed by atoms with E-state index < -0.39 is 22.8 Å². The maximum Gasteiger partial charge on any atom is 0.406 e. The zero-order valence-corrected chi connectivity index (χ0v) is 14.8.